The van der Waals surface area contributed by atoms with Crippen LogP contribution in [-0.2, 0) is 35.8 Å². The number of hydrogen-bond donors (Lipinski definition) is 0. The third kappa shape index (κ3) is 10.6. The molecule has 6 heteroatoms. The number of pyridine rings is 2. The first-order valence-electron chi connectivity index (χ1n) is 17.3. The Morgan fingerprint density at radius 2 is 0.700 bits per heavy atom. The molecule has 0 aliphatic carbocycles. The molecule has 0 bridgehead atoms. The molecule has 0 atom stereocenters. The van der Waals surface area contributed by atoms with Crippen LogP contribution in [0.2, 0.25) is 0 Å². The van der Waals surface area contributed by atoms with Crippen LogP contribution in [0.5, 0.6) is 11.5 Å². The summed E-state index contributed by atoms with van der Waals surface area (Å²) in [6.07, 6.45) is 8.27. The van der Waals surface area contributed by atoms with E-state index in [0.717, 1.165) is 35.7 Å². The molecule has 0 saturated heterocycles. The van der Waals surface area contributed by atoms with Crippen molar-refractivity contribution in [3.05, 3.63) is 168 Å². The molecule has 6 nitrogen and oxygen atoms in total. The van der Waals surface area contributed by atoms with E-state index in [2.05, 4.69) is 145 Å². The van der Waals surface area contributed by atoms with Crippen molar-refractivity contribution in [2.24, 2.45) is 0 Å². The molecule has 0 N–H and O–H groups in total. The highest BCUT2D eigenvalue weighted by Crippen LogP contribution is 2.24. The van der Waals surface area contributed by atoms with Gasteiger partial charge in [0.1, 0.15) is 37.9 Å². The minimum atomic E-state index is 0.528. The molecule has 254 valence electrons. The Hall–Kier alpha value is -5.30. The summed E-state index contributed by atoms with van der Waals surface area (Å²) < 4.78 is 27.8. The smallest absolute Gasteiger partial charge is 0.171 e. The third-order valence-electron chi connectivity index (χ3n) is 8.57. The summed E-state index contributed by atoms with van der Waals surface area (Å²) in [6, 6.07) is 42.0. The fourth-order valence-electron chi connectivity index (χ4n) is 5.44. The van der Waals surface area contributed by atoms with Gasteiger partial charge in [-0.2, -0.15) is 0 Å². The van der Waals surface area contributed by atoms with E-state index in [1.54, 1.807) is 0 Å². The molecule has 6 rings (SSSR count). The first kappa shape index (κ1) is 34.6. The van der Waals surface area contributed by atoms with Crippen LogP contribution < -0.4 is 18.6 Å². The van der Waals surface area contributed by atoms with Gasteiger partial charge in [0, 0.05) is 35.4 Å². The zero-order valence-electron chi connectivity index (χ0n) is 29.0. The summed E-state index contributed by atoms with van der Waals surface area (Å²) >= 11 is 0. The SMILES string of the molecule is Cc1ccc(-c2ccc(OCc3cc[n+](CCOCCOCC[n+]4ccc(COc5ccc(-c6ccc(C)cc6)cc5)cc4)cc3)cc2)cc1. The number of benzene rings is 4. The van der Waals surface area contributed by atoms with Crippen LogP contribution in [0.4, 0.5) is 0 Å². The molecule has 0 saturated carbocycles. The average Bonchev–Trinajstić information content (AvgIpc) is 3.16. The maximum absolute atomic E-state index is 6.01. The predicted molar refractivity (Wildman–Crippen MR) is 197 cm³/mol. The van der Waals surface area contributed by atoms with Crippen LogP contribution in [-0.4, -0.2) is 26.4 Å². The van der Waals surface area contributed by atoms with Gasteiger partial charge in [0.25, 0.3) is 0 Å². The van der Waals surface area contributed by atoms with Gasteiger partial charge < -0.3 is 18.9 Å². The van der Waals surface area contributed by atoms with Gasteiger partial charge in [0.05, 0.1) is 13.2 Å². The largest absolute Gasteiger partial charge is 0.489 e. The lowest BCUT2D eigenvalue weighted by Gasteiger charge is -2.08. The van der Waals surface area contributed by atoms with E-state index in [0.29, 0.717) is 39.6 Å². The number of ether oxygens (including phenoxy) is 4. The normalized spacial score (nSPS) is 11.0. The van der Waals surface area contributed by atoms with Crippen molar-refractivity contribution in [2.45, 2.75) is 40.2 Å². The van der Waals surface area contributed by atoms with Crippen molar-refractivity contribution in [3.63, 3.8) is 0 Å². The molecular weight excluding hydrogens is 620 g/mol. The Morgan fingerprint density at radius 1 is 0.380 bits per heavy atom. The van der Waals surface area contributed by atoms with Crippen LogP contribution in [0.15, 0.2) is 146 Å². The second-order valence-corrected chi connectivity index (χ2v) is 12.5. The van der Waals surface area contributed by atoms with Gasteiger partial charge in [-0.3, -0.25) is 0 Å². The quantitative estimate of drug-likeness (QED) is 0.0729. The highest BCUT2D eigenvalue weighted by molar-refractivity contribution is 5.65. The first-order chi connectivity index (χ1) is 24.6. The van der Waals surface area contributed by atoms with E-state index in [-0.39, 0.29) is 0 Å². The van der Waals surface area contributed by atoms with Crippen LogP contribution in [0.3, 0.4) is 0 Å². The topological polar surface area (TPSA) is 44.7 Å². The van der Waals surface area contributed by atoms with E-state index in [4.69, 9.17) is 18.9 Å². The molecule has 0 unspecified atom stereocenters. The van der Waals surface area contributed by atoms with Crippen molar-refractivity contribution < 1.29 is 28.1 Å². The maximum Gasteiger partial charge on any atom is 0.171 e. The maximum atomic E-state index is 6.01. The third-order valence-corrected chi connectivity index (χ3v) is 8.57. The summed E-state index contributed by atoms with van der Waals surface area (Å²) in [5.74, 6) is 1.73. The molecule has 0 fully saturated rings. The molecule has 2 aromatic heterocycles. The number of aryl methyl sites for hydroxylation is 2. The first-order valence-corrected chi connectivity index (χ1v) is 17.3. The van der Waals surface area contributed by atoms with Crippen molar-refractivity contribution >= 4 is 0 Å². The molecule has 0 amide bonds. The zero-order chi connectivity index (χ0) is 34.4. The minimum absolute atomic E-state index is 0.528. The summed E-state index contributed by atoms with van der Waals surface area (Å²) in [4.78, 5) is 0. The molecule has 0 spiro atoms. The van der Waals surface area contributed by atoms with Crippen molar-refractivity contribution in [2.75, 3.05) is 26.4 Å². The Morgan fingerprint density at radius 3 is 1.04 bits per heavy atom. The van der Waals surface area contributed by atoms with Crippen LogP contribution >= 0.6 is 0 Å². The summed E-state index contributed by atoms with van der Waals surface area (Å²) in [5.41, 5.74) is 9.57. The summed E-state index contributed by atoms with van der Waals surface area (Å²) in [6.45, 7) is 9.23. The van der Waals surface area contributed by atoms with Crippen molar-refractivity contribution in [3.8, 4) is 33.8 Å². The molecule has 6 aromatic rings. The van der Waals surface area contributed by atoms with Gasteiger partial charge >= 0.3 is 0 Å². The molecule has 2 heterocycles. The molecule has 50 heavy (non-hydrogen) atoms. The molecular formula is C44H46N2O4+2. The second kappa shape index (κ2) is 17.9. The van der Waals surface area contributed by atoms with E-state index < -0.39 is 0 Å². The fourth-order valence-corrected chi connectivity index (χ4v) is 5.44. The lowest BCUT2D eigenvalue weighted by molar-refractivity contribution is -0.699. The summed E-state index contributed by atoms with van der Waals surface area (Å²) in [7, 11) is 0. The van der Waals surface area contributed by atoms with Gasteiger partial charge in [-0.1, -0.05) is 83.9 Å². The number of nitrogens with zero attached hydrogens (tertiary/aromatic N) is 2. The number of aromatic nitrogens is 2. The molecule has 0 aliphatic heterocycles. The summed E-state index contributed by atoms with van der Waals surface area (Å²) in [5, 5.41) is 0. The minimum Gasteiger partial charge on any atom is -0.489 e. The number of hydrogen-bond acceptors (Lipinski definition) is 4. The highest BCUT2D eigenvalue weighted by Gasteiger charge is 2.06. The van der Waals surface area contributed by atoms with Crippen LogP contribution in [0.1, 0.15) is 22.3 Å². The zero-order valence-corrected chi connectivity index (χ0v) is 29.0. The van der Waals surface area contributed by atoms with E-state index >= 15 is 0 Å². The van der Waals surface area contributed by atoms with Crippen LogP contribution in [0.25, 0.3) is 22.3 Å². The van der Waals surface area contributed by atoms with Crippen molar-refractivity contribution in [1.82, 2.24) is 0 Å². The Kier molecular flexibility index (Phi) is 12.4. The average molecular weight is 667 g/mol. The fraction of sp³-hybridized carbons (Fsp3) is 0.227. The van der Waals surface area contributed by atoms with Gasteiger partial charge in [-0.15, -0.1) is 0 Å². The van der Waals surface area contributed by atoms with E-state index in [1.807, 2.05) is 24.3 Å². The van der Waals surface area contributed by atoms with E-state index in [9.17, 15) is 0 Å². The Bertz CT molecular complexity index is 1730. The monoisotopic (exact) mass is 666 g/mol. The highest BCUT2D eigenvalue weighted by atomic mass is 16.5. The Labute approximate surface area is 296 Å². The molecule has 4 aromatic carbocycles. The van der Waals surface area contributed by atoms with Crippen LogP contribution in [0, 0.1) is 13.8 Å². The van der Waals surface area contributed by atoms with E-state index in [1.165, 1.54) is 33.4 Å². The van der Waals surface area contributed by atoms with Crippen molar-refractivity contribution in [1.29, 1.82) is 0 Å². The predicted octanol–water partition coefficient (Wildman–Crippen LogP) is 8.10. The number of rotatable bonds is 17. The van der Waals surface area contributed by atoms with Gasteiger partial charge in [-0.05, 0) is 60.4 Å². The standard InChI is InChI=1S/C44H46N2O4/c1-35-3-7-39(8-4-35)41-11-15-43(16-12-41)49-33-37-19-23-45(24-20-37)27-29-47-31-32-48-30-28-46-25-21-38(22-26-46)34-50-44-17-13-42(14-18-44)40-9-5-36(2)6-10-40/h3-26H,27-34H2,1-2H3/q+2. The van der Waals surface area contributed by atoms with Gasteiger partial charge in [-0.25, -0.2) is 9.13 Å². The molecule has 0 aliphatic rings. The molecule has 0 radical (unpaired) electrons. The lowest BCUT2D eigenvalue weighted by Crippen LogP contribution is -2.36. The lowest BCUT2D eigenvalue weighted by atomic mass is 10.0. The second-order valence-electron chi connectivity index (χ2n) is 12.5. The van der Waals surface area contributed by atoms with Gasteiger partial charge in [0.15, 0.2) is 37.9 Å². The van der Waals surface area contributed by atoms with Gasteiger partial charge in [0.2, 0.25) is 0 Å². The Balaban J connectivity index is 0.802.